The smallest absolute Gasteiger partial charge is 0.323 e. The number of carbonyl (C=O) groups excluding carboxylic acids is 1. The summed E-state index contributed by atoms with van der Waals surface area (Å²) in [5, 5.41) is 4.19. The van der Waals surface area contributed by atoms with Gasteiger partial charge in [0.2, 0.25) is 5.88 Å². The number of allylic oxidation sites excluding steroid dienone is 5. The quantitative estimate of drug-likeness (QED) is 0.657. The summed E-state index contributed by atoms with van der Waals surface area (Å²) in [5.41, 5.74) is 8.57. The van der Waals surface area contributed by atoms with E-state index < -0.39 is 24.3 Å². The van der Waals surface area contributed by atoms with Gasteiger partial charge in [-0.15, -0.1) is 0 Å². The lowest BCUT2D eigenvalue weighted by Gasteiger charge is -2.18. The molecule has 2 aliphatic rings. The van der Waals surface area contributed by atoms with Crippen LogP contribution in [0, 0.1) is 6.92 Å². The minimum Gasteiger partial charge on any atom is -0.488 e. The lowest BCUT2D eigenvalue weighted by Crippen LogP contribution is -2.33. The second-order valence-electron chi connectivity index (χ2n) is 7.76. The van der Waals surface area contributed by atoms with Crippen LogP contribution in [0.25, 0.3) is 5.52 Å². The maximum Gasteiger partial charge on any atom is 0.323 e. The maximum absolute atomic E-state index is 15.0. The van der Waals surface area contributed by atoms with Gasteiger partial charge in [0.15, 0.2) is 6.17 Å². The number of nitrogens with two attached hydrogens (primary N) is 1. The number of ether oxygens (including phenoxy) is 3. The van der Waals surface area contributed by atoms with Crippen LogP contribution in [0.15, 0.2) is 52.8 Å². The van der Waals surface area contributed by atoms with Crippen molar-refractivity contribution >= 4 is 17.2 Å². The van der Waals surface area contributed by atoms with Crippen molar-refractivity contribution in [2.75, 3.05) is 6.61 Å². The van der Waals surface area contributed by atoms with E-state index in [1.165, 1.54) is 6.33 Å². The fraction of sp³-hybridized carbons (Fsp3) is 0.364. The molecule has 9 nitrogen and oxygen atoms in total. The number of carbonyl (C=O) groups is 1. The van der Waals surface area contributed by atoms with Crippen LogP contribution in [0.1, 0.15) is 26.3 Å². The van der Waals surface area contributed by atoms with Gasteiger partial charge in [0.05, 0.1) is 11.9 Å². The highest BCUT2D eigenvalue weighted by molar-refractivity contribution is 5.98. The molecule has 0 saturated heterocycles. The normalized spacial score (nSPS) is 19.4. The molecule has 0 aromatic carbocycles. The third-order valence-electron chi connectivity index (χ3n) is 5.01. The molecule has 2 aromatic rings. The minimum absolute atomic E-state index is 0.116. The first kappa shape index (κ1) is 21.7. The third-order valence-corrected chi connectivity index (χ3v) is 5.01. The summed E-state index contributed by atoms with van der Waals surface area (Å²) in [5.74, 6) is 0.326. The predicted octanol–water partition coefficient (Wildman–Crippen LogP) is 2.59. The molecule has 1 unspecified atom stereocenters. The first-order valence-electron chi connectivity index (χ1n) is 10.2. The van der Waals surface area contributed by atoms with Crippen molar-refractivity contribution < 1.29 is 23.4 Å². The Morgan fingerprint density at radius 3 is 2.84 bits per heavy atom. The van der Waals surface area contributed by atoms with E-state index in [-0.39, 0.29) is 18.2 Å². The number of rotatable bonds is 7. The second-order valence-corrected chi connectivity index (χ2v) is 7.76. The van der Waals surface area contributed by atoms with Crippen molar-refractivity contribution in [1.82, 2.24) is 14.6 Å². The second kappa shape index (κ2) is 8.54. The zero-order chi connectivity index (χ0) is 23.0. The molecule has 0 spiro atoms. The number of alkyl halides is 1. The van der Waals surface area contributed by atoms with Crippen LogP contribution in [0.3, 0.4) is 0 Å². The Labute approximate surface area is 184 Å². The number of hydrogen-bond acceptors (Lipinski definition) is 8. The molecule has 0 saturated carbocycles. The van der Waals surface area contributed by atoms with Gasteiger partial charge < -0.3 is 19.9 Å². The molecule has 4 rings (SSSR count). The largest absolute Gasteiger partial charge is 0.488 e. The number of aromatic nitrogens is 3. The van der Waals surface area contributed by atoms with Gasteiger partial charge in [0, 0.05) is 16.8 Å². The summed E-state index contributed by atoms with van der Waals surface area (Å²) in [4.78, 5) is 20.1. The van der Waals surface area contributed by atoms with Crippen molar-refractivity contribution in [3.63, 3.8) is 0 Å². The van der Waals surface area contributed by atoms with Crippen LogP contribution in [-0.4, -0.2) is 51.2 Å². The number of hydrogen-bond donors (Lipinski definition) is 1. The van der Waals surface area contributed by atoms with E-state index in [4.69, 9.17) is 19.9 Å². The van der Waals surface area contributed by atoms with Crippen LogP contribution in [-0.2, 0) is 9.53 Å². The Bertz CT molecular complexity index is 1190. The highest BCUT2D eigenvalue weighted by Gasteiger charge is 2.30. The maximum atomic E-state index is 15.0. The molecule has 168 valence electrons. The Kier molecular flexibility index (Phi) is 5.79. The van der Waals surface area contributed by atoms with Crippen LogP contribution < -0.4 is 15.2 Å². The predicted molar refractivity (Wildman–Crippen MR) is 115 cm³/mol. The molecule has 10 heteroatoms. The summed E-state index contributed by atoms with van der Waals surface area (Å²) in [6, 6.07) is -0.707. The molecule has 2 N–H and O–H groups in total. The van der Waals surface area contributed by atoms with Gasteiger partial charge in [-0.05, 0) is 45.9 Å². The first-order valence-corrected chi connectivity index (χ1v) is 10.2. The van der Waals surface area contributed by atoms with E-state index in [0.717, 1.165) is 5.71 Å². The highest BCUT2D eigenvalue weighted by atomic mass is 19.1. The highest BCUT2D eigenvalue weighted by Crippen LogP contribution is 2.35. The van der Waals surface area contributed by atoms with Crippen LogP contribution in [0.5, 0.6) is 11.6 Å². The minimum atomic E-state index is -1.45. The molecule has 32 heavy (non-hydrogen) atoms. The topological polar surface area (TPSA) is 113 Å². The fourth-order valence-electron chi connectivity index (χ4n) is 3.39. The molecule has 0 fully saturated rings. The van der Waals surface area contributed by atoms with E-state index >= 15 is 4.39 Å². The molecule has 0 amide bonds. The van der Waals surface area contributed by atoms with Crippen molar-refractivity contribution in [1.29, 1.82) is 0 Å². The zero-order valence-corrected chi connectivity index (χ0v) is 18.2. The number of nitrogens with zero attached hydrogens (tertiary/aromatic N) is 4. The number of aliphatic imine (C=N–C) groups is 1. The standard InChI is InChI=1S/C22H24FN5O4/c1-11-7-15-16(27-11)5-6-17(19(15)23)32-21-20-13(3)18(8-28(20)26-10-25-21)30-9-12(2)31-22(29)14(4)24/h5-8,10,12,14,19H,9,24H2,1-4H3/t12-,14?,19+/m1/s1. The van der Waals surface area contributed by atoms with Crippen molar-refractivity contribution in [2.45, 2.75) is 46.0 Å². The molecule has 0 bridgehead atoms. The molecule has 2 aromatic heterocycles. The molecule has 1 aliphatic heterocycles. The number of fused-ring (bicyclic) bond motifs is 2. The average molecular weight is 441 g/mol. The van der Waals surface area contributed by atoms with Crippen molar-refractivity contribution in [3.05, 3.63) is 53.3 Å². The average Bonchev–Trinajstić information content (AvgIpc) is 3.29. The Hall–Kier alpha value is -3.53. The van der Waals surface area contributed by atoms with Gasteiger partial charge in [0.1, 0.15) is 42.1 Å². The summed E-state index contributed by atoms with van der Waals surface area (Å²) in [7, 11) is 0. The summed E-state index contributed by atoms with van der Waals surface area (Å²) >= 11 is 0. The van der Waals surface area contributed by atoms with Gasteiger partial charge in [0.25, 0.3) is 0 Å². The monoisotopic (exact) mass is 441 g/mol. The van der Waals surface area contributed by atoms with E-state index in [1.807, 2.05) is 13.8 Å². The van der Waals surface area contributed by atoms with E-state index in [2.05, 4.69) is 15.1 Å². The molecule has 0 radical (unpaired) electrons. The van der Waals surface area contributed by atoms with Crippen LogP contribution in [0.4, 0.5) is 4.39 Å². The van der Waals surface area contributed by atoms with E-state index in [1.54, 1.807) is 42.8 Å². The van der Waals surface area contributed by atoms with Crippen molar-refractivity contribution in [3.8, 4) is 11.6 Å². The first-order chi connectivity index (χ1) is 15.2. The summed E-state index contributed by atoms with van der Waals surface area (Å²) in [6.45, 7) is 7.02. The Morgan fingerprint density at radius 1 is 1.31 bits per heavy atom. The Balaban J connectivity index is 1.53. The molecular weight excluding hydrogens is 417 g/mol. The summed E-state index contributed by atoms with van der Waals surface area (Å²) < 4.78 is 33.5. The molecule has 1 aliphatic carbocycles. The number of aryl methyl sites for hydroxylation is 1. The molecule has 3 atom stereocenters. The van der Waals surface area contributed by atoms with E-state index in [9.17, 15) is 4.79 Å². The molecular formula is C22H24FN5O4. The number of esters is 1. The Morgan fingerprint density at radius 2 is 2.09 bits per heavy atom. The van der Waals surface area contributed by atoms with Gasteiger partial charge in [-0.1, -0.05) is 0 Å². The van der Waals surface area contributed by atoms with Crippen molar-refractivity contribution in [2.24, 2.45) is 10.7 Å². The van der Waals surface area contributed by atoms with Gasteiger partial charge in [-0.25, -0.2) is 8.91 Å². The van der Waals surface area contributed by atoms with E-state index in [0.29, 0.717) is 28.1 Å². The van der Waals surface area contributed by atoms with Crippen LogP contribution in [0.2, 0.25) is 0 Å². The number of halogens is 1. The zero-order valence-electron chi connectivity index (χ0n) is 18.2. The fourth-order valence-corrected chi connectivity index (χ4v) is 3.39. The van der Waals surface area contributed by atoms with Crippen LogP contribution >= 0.6 is 0 Å². The third kappa shape index (κ3) is 4.13. The SMILES string of the molecule is CC1=NC2=CC=C(Oc3ncnn4cc(OC[C@@H](C)OC(=O)C(C)N)c(C)c34)[C@@H](F)C2=C1. The van der Waals surface area contributed by atoms with Gasteiger partial charge in [-0.2, -0.15) is 10.1 Å². The molecule has 3 heterocycles. The summed E-state index contributed by atoms with van der Waals surface area (Å²) in [6.07, 6.45) is 6.02. The van der Waals surface area contributed by atoms with Gasteiger partial charge in [-0.3, -0.25) is 9.79 Å². The lowest BCUT2D eigenvalue weighted by atomic mass is 10.0. The van der Waals surface area contributed by atoms with Gasteiger partial charge >= 0.3 is 5.97 Å². The lowest BCUT2D eigenvalue weighted by molar-refractivity contribution is -0.150.